The van der Waals surface area contributed by atoms with E-state index in [9.17, 15) is 13.6 Å². The van der Waals surface area contributed by atoms with E-state index in [4.69, 9.17) is 23.2 Å². The SMILES string of the molecule is Cc1ccc(C(F)(F)CNC(=O)c2[nH]c(C)nc2Sc2cc(Cl)ccc2Cl)c(C)c1. The highest BCUT2D eigenvalue weighted by molar-refractivity contribution is 7.99. The first kappa shape index (κ1) is 22.6. The number of imidazole rings is 1. The van der Waals surface area contributed by atoms with E-state index in [2.05, 4.69) is 15.3 Å². The molecule has 0 aliphatic heterocycles. The van der Waals surface area contributed by atoms with Crippen molar-refractivity contribution in [3.8, 4) is 0 Å². The molecule has 0 unspecified atom stereocenters. The number of hydrogen-bond acceptors (Lipinski definition) is 3. The van der Waals surface area contributed by atoms with Gasteiger partial charge in [0.15, 0.2) is 0 Å². The summed E-state index contributed by atoms with van der Waals surface area (Å²) in [6, 6.07) is 9.63. The van der Waals surface area contributed by atoms with Crippen LogP contribution in [0.5, 0.6) is 0 Å². The number of benzene rings is 2. The van der Waals surface area contributed by atoms with Gasteiger partial charge in [0.2, 0.25) is 0 Å². The summed E-state index contributed by atoms with van der Waals surface area (Å²) in [7, 11) is 0. The van der Waals surface area contributed by atoms with Crippen LogP contribution in [0.1, 0.15) is 33.0 Å². The third-order valence-electron chi connectivity index (χ3n) is 4.36. The smallest absolute Gasteiger partial charge is 0.290 e. The normalized spacial score (nSPS) is 11.6. The van der Waals surface area contributed by atoms with Gasteiger partial charge in [-0.3, -0.25) is 4.79 Å². The topological polar surface area (TPSA) is 57.8 Å². The van der Waals surface area contributed by atoms with Gasteiger partial charge in [-0.1, -0.05) is 58.7 Å². The lowest BCUT2D eigenvalue weighted by atomic mass is 10.0. The molecule has 3 rings (SSSR count). The van der Waals surface area contributed by atoms with Gasteiger partial charge in [-0.15, -0.1) is 0 Å². The maximum atomic E-state index is 14.7. The molecule has 4 nitrogen and oxygen atoms in total. The van der Waals surface area contributed by atoms with Crippen molar-refractivity contribution in [2.75, 3.05) is 6.54 Å². The van der Waals surface area contributed by atoms with E-state index in [-0.39, 0.29) is 11.3 Å². The largest absolute Gasteiger partial charge is 0.344 e. The number of aromatic amines is 1. The summed E-state index contributed by atoms with van der Waals surface area (Å²) in [6.07, 6.45) is 0. The quantitative estimate of drug-likeness (QED) is 0.444. The first-order valence-corrected chi connectivity index (χ1v) is 10.6. The zero-order valence-electron chi connectivity index (χ0n) is 16.4. The van der Waals surface area contributed by atoms with Crippen molar-refractivity contribution in [3.63, 3.8) is 0 Å². The summed E-state index contributed by atoms with van der Waals surface area (Å²) in [5, 5.41) is 3.56. The number of nitrogens with one attached hydrogen (secondary N) is 2. The molecule has 0 saturated heterocycles. The van der Waals surface area contributed by atoms with Gasteiger partial charge >= 0.3 is 0 Å². The maximum Gasteiger partial charge on any atom is 0.290 e. The van der Waals surface area contributed by atoms with Crippen LogP contribution in [0, 0.1) is 20.8 Å². The number of amides is 1. The number of carbonyl (C=O) groups excluding carboxylic acids is 1. The van der Waals surface area contributed by atoms with Gasteiger partial charge in [0, 0.05) is 15.5 Å². The van der Waals surface area contributed by atoms with Crippen LogP contribution in [0.4, 0.5) is 8.78 Å². The van der Waals surface area contributed by atoms with Crippen molar-refractivity contribution in [1.29, 1.82) is 0 Å². The highest BCUT2D eigenvalue weighted by Gasteiger charge is 2.34. The van der Waals surface area contributed by atoms with Crippen LogP contribution in [-0.2, 0) is 5.92 Å². The van der Waals surface area contributed by atoms with E-state index in [0.717, 1.165) is 17.3 Å². The van der Waals surface area contributed by atoms with E-state index >= 15 is 0 Å². The Kier molecular flexibility index (Phi) is 6.75. The standard InChI is InChI=1S/C21H19Cl2F2N3OS/c1-11-4-6-15(12(2)8-11)21(24,25)10-26-19(29)18-20(28-13(3)27-18)30-17-9-14(22)5-7-16(17)23/h4-9H,10H2,1-3H3,(H,26,29)(H,27,28). The monoisotopic (exact) mass is 469 g/mol. The van der Waals surface area contributed by atoms with Crippen LogP contribution < -0.4 is 5.32 Å². The average molecular weight is 470 g/mol. The first-order chi connectivity index (χ1) is 14.1. The Morgan fingerprint density at radius 3 is 2.60 bits per heavy atom. The molecule has 0 aliphatic carbocycles. The fourth-order valence-electron chi connectivity index (χ4n) is 2.96. The molecule has 0 saturated carbocycles. The molecule has 158 valence electrons. The Morgan fingerprint density at radius 2 is 1.90 bits per heavy atom. The second kappa shape index (κ2) is 8.96. The van der Waals surface area contributed by atoms with Crippen LogP contribution in [0.3, 0.4) is 0 Å². The lowest BCUT2D eigenvalue weighted by Gasteiger charge is -2.20. The van der Waals surface area contributed by atoms with E-state index in [1.165, 1.54) is 6.07 Å². The second-order valence-corrected chi connectivity index (χ2v) is 8.76. The van der Waals surface area contributed by atoms with E-state index < -0.39 is 18.4 Å². The Labute approximate surface area is 187 Å². The molecule has 1 heterocycles. The third kappa shape index (κ3) is 5.14. The molecule has 0 fully saturated rings. The van der Waals surface area contributed by atoms with Gasteiger partial charge in [0.25, 0.3) is 11.8 Å². The molecule has 0 bridgehead atoms. The second-order valence-electron chi connectivity index (χ2n) is 6.88. The van der Waals surface area contributed by atoms with Gasteiger partial charge in [0.05, 0.1) is 11.6 Å². The van der Waals surface area contributed by atoms with Gasteiger partial charge in [-0.2, -0.15) is 8.78 Å². The van der Waals surface area contributed by atoms with E-state index in [1.54, 1.807) is 44.2 Å². The van der Waals surface area contributed by atoms with Crippen molar-refractivity contribution in [3.05, 3.63) is 74.7 Å². The number of H-pyrrole nitrogens is 1. The number of rotatable bonds is 6. The molecule has 9 heteroatoms. The highest BCUT2D eigenvalue weighted by atomic mass is 35.5. The minimum Gasteiger partial charge on any atom is -0.344 e. The molecule has 2 aromatic carbocycles. The summed E-state index contributed by atoms with van der Waals surface area (Å²) in [5.41, 5.74) is 1.34. The molecule has 1 amide bonds. The number of carbonyl (C=O) groups is 1. The summed E-state index contributed by atoms with van der Waals surface area (Å²) >= 11 is 13.3. The number of halogens is 4. The molecular formula is C21H19Cl2F2N3OS. The Morgan fingerprint density at radius 1 is 1.17 bits per heavy atom. The van der Waals surface area contributed by atoms with Crippen molar-refractivity contribution in [2.45, 2.75) is 36.6 Å². The lowest BCUT2D eigenvalue weighted by molar-refractivity contribution is -0.00314. The predicted molar refractivity (Wildman–Crippen MR) is 116 cm³/mol. The molecule has 0 atom stereocenters. The molecule has 0 aliphatic rings. The molecule has 1 aromatic heterocycles. The molecule has 30 heavy (non-hydrogen) atoms. The average Bonchev–Trinajstić information content (AvgIpc) is 3.03. The van der Waals surface area contributed by atoms with Crippen LogP contribution >= 0.6 is 35.0 Å². The summed E-state index contributed by atoms with van der Waals surface area (Å²) < 4.78 is 29.4. The molecule has 3 aromatic rings. The Hall–Kier alpha value is -2.09. The van der Waals surface area contributed by atoms with Crippen LogP contribution in [0.25, 0.3) is 0 Å². The number of alkyl halides is 2. The van der Waals surface area contributed by atoms with Crippen molar-refractivity contribution >= 4 is 40.9 Å². The van der Waals surface area contributed by atoms with Gasteiger partial charge in [-0.25, -0.2) is 4.98 Å². The zero-order chi connectivity index (χ0) is 22.1. The molecular weight excluding hydrogens is 451 g/mol. The lowest BCUT2D eigenvalue weighted by Crippen LogP contribution is -2.35. The fraction of sp³-hybridized carbons (Fsp3) is 0.238. The van der Waals surface area contributed by atoms with Crippen LogP contribution in [0.15, 0.2) is 46.3 Å². The number of aromatic nitrogens is 2. The Balaban J connectivity index is 1.78. The van der Waals surface area contributed by atoms with E-state index in [0.29, 0.717) is 31.4 Å². The zero-order valence-corrected chi connectivity index (χ0v) is 18.8. The van der Waals surface area contributed by atoms with Crippen molar-refractivity contribution in [1.82, 2.24) is 15.3 Å². The predicted octanol–water partition coefficient (Wildman–Crippen LogP) is 6.31. The summed E-state index contributed by atoms with van der Waals surface area (Å²) in [4.78, 5) is 20.4. The highest BCUT2D eigenvalue weighted by Crippen LogP contribution is 2.36. The van der Waals surface area contributed by atoms with Gasteiger partial charge < -0.3 is 10.3 Å². The molecule has 0 spiro atoms. The number of hydrogen-bond donors (Lipinski definition) is 2. The Bertz CT molecular complexity index is 1100. The van der Waals surface area contributed by atoms with Gasteiger partial charge in [0.1, 0.15) is 16.5 Å². The minimum atomic E-state index is -3.22. The first-order valence-electron chi connectivity index (χ1n) is 9.00. The number of nitrogens with zero attached hydrogens (tertiary/aromatic N) is 1. The summed E-state index contributed by atoms with van der Waals surface area (Å²) in [6.45, 7) is 4.29. The van der Waals surface area contributed by atoms with Crippen LogP contribution in [-0.4, -0.2) is 22.4 Å². The molecule has 2 N–H and O–H groups in total. The van der Waals surface area contributed by atoms with E-state index in [1.807, 2.05) is 6.92 Å². The fourth-order valence-corrected chi connectivity index (χ4v) is 4.41. The van der Waals surface area contributed by atoms with Gasteiger partial charge in [-0.05, 0) is 44.5 Å². The third-order valence-corrected chi connectivity index (χ3v) is 6.09. The molecule has 0 radical (unpaired) electrons. The minimum absolute atomic E-state index is 0.0879. The van der Waals surface area contributed by atoms with Crippen molar-refractivity contribution in [2.24, 2.45) is 0 Å². The maximum absolute atomic E-state index is 14.7. The number of aryl methyl sites for hydroxylation is 3. The van der Waals surface area contributed by atoms with Crippen LogP contribution in [0.2, 0.25) is 10.0 Å². The van der Waals surface area contributed by atoms with Crippen molar-refractivity contribution < 1.29 is 13.6 Å². The summed E-state index contributed by atoms with van der Waals surface area (Å²) in [5.74, 6) is -3.42.